The highest BCUT2D eigenvalue weighted by atomic mass is 19.4. The van der Waals surface area contributed by atoms with Crippen molar-refractivity contribution in [3.8, 4) is 5.75 Å². The van der Waals surface area contributed by atoms with Crippen molar-refractivity contribution in [1.82, 2.24) is 20.3 Å². The van der Waals surface area contributed by atoms with Crippen LogP contribution in [-0.2, 0) is 10.9 Å². The van der Waals surface area contributed by atoms with Crippen molar-refractivity contribution in [1.29, 1.82) is 0 Å². The van der Waals surface area contributed by atoms with Gasteiger partial charge in [0.1, 0.15) is 18.1 Å². The number of hydrazine groups is 2. The molecule has 4 aliphatic rings. The fourth-order valence-electron chi connectivity index (χ4n) is 6.94. The molecule has 2 aromatic carbocycles. The predicted octanol–water partition coefficient (Wildman–Crippen LogP) is 4.12. The minimum atomic E-state index is -4.54. The van der Waals surface area contributed by atoms with Crippen LogP contribution in [0, 0.1) is 23.7 Å². The smallest absolute Gasteiger partial charge is 0.416 e. The normalized spacial score (nSPS) is 24.0. The SMILES string of the molecule is COCCOc1cc(C(=O)N2CC3C(C2)[C@@H]2CN(C(=O)c4ccc5c(c4)NNN5)C[C@H]32)nc2cc(C(F)(F)F)ccc12.[HH].[HH]. The average molecular weight is 587 g/mol. The highest BCUT2D eigenvalue weighted by Crippen LogP contribution is 2.54. The van der Waals surface area contributed by atoms with Gasteiger partial charge in [0.2, 0.25) is 0 Å². The van der Waals surface area contributed by atoms with E-state index in [-0.39, 0.29) is 56.7 Å². The lowest BCUT2D eigenvalue weighted by atomic mass is 9.60. The van der Waals surface area contributed by atoms with Crippen LogP contribution in [0.5, 0.6) is 5.75 Å². The minimum absolute atomic E-state index is 0. The zero-order valence-corrected chi connectivity index (χ0v) is 22.7. The second kappa shape index (κ2) is 10.0. The summed E-state index contributed by atoms with van der Waals surface area (Å²) in [5, 5.41) is 0.392. The molecule has 0 bridgehead atoms. The van der Waals surface area contributed by atoms with Gasteiger partial charge in [-0.1, -0.05) is 0 Å². The van der Waals surface area contributed by atoms with Crippen molar-refractivity contribution in [2.75, 3.05) is 57.4 Å². The first-order valence-corrected chi connectivity index (χ1v) is 13.8. The number of nitrogens with zero attached hydrogens (tertiary/aromatic N) is 3. The number of amides is 2. The second-order valence-electron chi connectivity index (χ2n) is 11.3. The number of hydrogen-bond acceptors (Lipinski definition) is 8. The van der Waals surface area contributed by atoms with Crippen LogP contribution in [0.3, 0.4) is 0 Å². The largest absolute Gasteiger partial charge is 0.490 e. The number of hydrogen-bond donors (Lipinski definition) is 3. The van der Waals surface area contributed by atoms with Gasteiger partial charge in [0.25, 0.3) is 11.8 Å². The van der Waals surface area contributed by atoms with Crippen molar-refractivity contribution < 1.29 is 35.1 Å². The molecule has 1 aromatic heterocycles. The maximum absolute atomic E-state index is 13.6. The van der Waals surface area contributed by atoms with E-state index in [0.29, 0.717) is 49.0 Å². The van der Waals surface area contributed by atoms with Gasteiger partial charge in [0, 0.05) is 53.2 Å². The Morgan fingerprint density at radius 3 is 2.24 bits per heavy atom. The first kappa shape index (κ1) is 26.8. The molecular weight excluding hydrogens is 553 g/mol. The number of carbonyl (C=O) groups is 2. The molecule has 42 heavy (non-hydrogen) atoms. The van der Waals surface area contributed by atoms with E-state index >= 15 is 0 Å². The van der Waals surface area contributed by atoms with Gasteiger partial charge in [-0.25, -0.2) is 4.98 Å². The standard InChI is InChI=1S/C29H29F3N6O4.2H2/c1-41-6-7-42-26-10-25(33-23-9-16(29(30,31)32)3-4-17(23)26)28(40)38-13-20-18-11-37(12-19(18)21(20)14-38)27(39)15-2-5-22-24(8-15)35-36-34-22;;/h2-5,8-10,18-21,34-36H,6-7,11-14H2,1H3;2*1H/t18-,19+,20?,21?;;. The van der Waals surface area contributed by atoms with E-state index in [0.717, 1.165) is 23.5 Å². The van der Waals surface area contributed by atoms with Crippen LogP contribution in [0.1, 0.15) is 29.3 Å². The molecule has 3 aromatic rings. The number of rotatable bonds is 6. The molecule has 3 fully saturated rings. The van der Waals surface area contributed by atoms with E-state index in [1.165, 1.54) is 19.2 Å². The van der Waals surface area contributed by atoms with Gasteiger partial charge in [-0.3, -0.25) is 9.59 Å². The molecule has 3 N–H and O–H groups in total. The van der Waals surface area contributed by atoms with Crippen molar-refractivity contribution in [3.05, 3.63) is 59.3 Å². The summed E-state index contributed by atoms with van der Waals surface area (Å²) in [6.45, 7) is 2.78. The van der Waals surface area contributed by atoms with Gasteiger partial charge in [-0.05, 0) is 60.1 Å². The fourth-order valence-corrected chi connectivity index (χ4v) is 6.94. The predicted molar refractivity (Wildman–Crippen MR) is 151 cm³/mol. The molecule has 4 heterocycles. The lowest BCUT2D eigenvalue weighted by Crippen LogP contribution is -2.44. The number of anilines is 2. The zero-order valence-electron chi connectivity index (χ0n) is 22.7. The summed E-state index contributed by atoms with van der Waals surface area (Å²) < 4.78 is 51.1. The zero-order chi connectivity index (χ0) is 29.2. The number of pyridine rings is 1. The average Bonchev–Trinajstić information content (AvgIpc) is 3.70. The van der Waals surface area contributed by atoms with E-state index in [2.05, 4.69) is 21.4 Å². The van der Waals surface area contributed by atoms with E-state index in [1.54, 1.807) is 4.90 Å². The molecule has 2 saturated heterocycles. The van der Waals surface area contributed by atoms with E-state index < -0.39 is 11.7 Å². The highest BCUT2D eigenvalue weighted by molar-refractivity contribution is 5.98. The quantitative estimate of drug-likeness (QED) is 0.371. The Bertz CT molecular complexity index is 1570. The number of alkyl halides is 3. The molecule has 0 radical (unpaired) electrons. The summed E-state index contributed by atoms with van der Waals surface area (Å²) >= 11 is 0. The molecule has 3 aliphatic heterocycles. The number of halogens is 3. The molecule has 2 unspecified atom stereocenters. The first-order chi connectivity index (χ1) is 20.2. The Morgan fingerprint density at radius 2 is 1.57 bits per heavy atom. The summed E-state index contributed by atoms with van der Waals surface area (Å²) in [5.74, 6) is 1.09. The maximum atomic E-state index is 13.6. The maximum Gasteiger partial charge on any atom is 0.416 e. The van der Waals surface area contributed by atoms with E-state index in [9.17, 15) is 22.8 Å². The van der Waals surface area contributed by atoms with Gasteiger partial charge < -0.3 is 30.1 Å². The lowest BCUT2D eigenvalue weighted by molar-refractivity contribution is -0.137. The number of carbonyl (C=O) groups excluding carboxylic acids is 2. The van der Waals surface area contributed by atoms with Gasteiger partial charge in [-0.15, -0.1) is 5.53 Å². The van der Waals surface area contributed by atoms with Crippen LogP contribution in [0.25, 0.3) is 10.9 Å². The first-order valence-electron chi connectivity index (χ1n) is 13.8. The molecule has 7 rings (SSSR count). The molecular formula is C29H33F3N6O4. The van der Waals surface area contributed by atoms with Gasteiger partial charge in [-0.2, -0.15) is 13.2 Å². The number of aromatic nitrogens is 1. The van der Waals surface area contributed by atoms with E-state index in [4.69, 9.17) is 9.47 Å². The third kappa shape index (κ3) is 4.47. The number of methoxy groups -OCH3 is 1. The molecule has 0 spiro atoms. The summed E-state index contributed by atoms with van der Waals surface area (Å²) in [4.78, 5) is 34.9. The number of ether oxygens (including phenoxy) is 2. The van der Waals surface area contributed by atoms with Crippen molar-refractivity contribution in [2.45, 2.75) is 6.18 Å². The van der Waals surface area contributed by atoms with Crippen LogP contribution >= 0.6 is 0 Å². The van der Waals surface area contributed by atoms with Crippen molar-refractivity contribution in [3.63, 3.8) is 0 Å². The summed E-state index contributed by atoms with van der Waals surface area (Å²) in [7, 11) is 1.52. The summed E-state index contributed by atoms with van der Waals surface area (Å²) in [6.07, 6.45) is -4.54. The lowest BCUT2D eigenvalue weighted by Gasteiger charge is -2.42. The van der Waals surface area contributed by atoms with Crippen LogP contribution in [0.4, 0.5) is 24.5 Å². The molecule has 1 aliphatic carbocycles. The molecule has 1 saturated carbocycles. The summed E-state index contributed by atoms with van der Waals surface area (Å²) in [6, 6.07) is 10.2. The van der Waals surface area contributed by atoms with Gasteiger partial charge >= 0.3 is 6.18 Å². The Hall–Kier alpha value is -4.10. The number of fused-ring (bicyclic) bond motifs is 6. The van der Waals surface area contributed by atoms with Crippen LogP contribution < -0.4 is 21.1 Å². The Morgan fingerprint density at radius 1 is 0.905 bits per heavy atom. The van der Waals surface area contributed by atoms with Gasteiger partial charge in [0.05, 0.1) is 29.1 Å². The summed E-state index contributed by atoms with van der Waals surface area (Å²) in [5.41, 5.74) is 10.3. The molecule has 2 amide bonds. The number of likely N-dealkylation sites (tertiary alicyclic amines) is 2. The number of benzene rings is 2. The second-order valence-corrected chi connectivity index (χ2v) is 11.3. The van der Waals surface area contributed by atoms with E-state index in [1.807, 2.05) is 23.1 Å². The van der Waals surface area contributed by atoms with Crippen LogP contribution in [0.15, 0.2) is 42.5 Å². The fraction of sp³-hybridized carbons (Fsp3) is 0.414. The molecule has 10 nitrogen and oxygen atoms in total. The monoisotopic (exact) mass is 586 g/mol. The minimum Gasteiger partial charge on any atom is -0.490 e. The van der Waals surface area contributed by atoms with Crippen LogP contribution in [-0.4, -0.2) is 73.1 Å². The Balaban J connectivity index is 0.00000192. The Kier molecular flexibility index (Phi) is 6.39. The van der Waals surface area contributed by atoms with Gasteiger partial charge in [0.15, 0.2) is 0 Å². The Labute approximate surface area is 242 Å². The molecule has 4 atom stereocenters. The third-order valence-corrected chi connectivity index (χ3v) is 9.02. The molecule has 13 heteroatoms. The van der Waals surface area contributed by atoms with Crippen molar-refractivity contribution in [2.24, 2.45) is 23.7 Å². The third-order valence-electron chi connectivity index (χ3n) is 9.02. The topological polar surface area (TPSA) is 108 Å². The van der Waals surface area contributed by atoms with Crippen molar-refractivity contribution >= 4 is 34.1 Å². The number of nitrogens with one attached hydrogen (secondary N) is 3. The van der Waals surface area contributed by atoms with Crippen LogP contribution in [0.2, 0.25) is 0 Å². The highest BCUT2D eigenvalue weighted by Gasteiger charge is 2.59. The molecule has 224 valence electrons.